The summed E-state index contributed by atoms with van der Waals surface area (Å²) in [5.41, 5.74) is 3.38. The standard InChI is InChI=1S/C24H39N7O5/c1-24(2,3)36-23(32)27-8-6-5-7-26-21-22(30-25)29-17-15-19(33-4)20(16-18(17)28-21)35-14-11-31-9-12-34-13-10-31/h15-16H,5-14,25H2,1-4H3,(H,26,28)(H,27,32)(H,29,30). The minimum Gasteiger partial charge on any atom is -0.493 e. The van der Waals surface area contributed by atoms with Crippen molar-refractivity contribution in [1.29, 1.82) is 0 Å². The van der Waals surface area contributed by atoms with Crippen molar-refractivity contribution in [2.75, 3.05) is 70.4 Å². The molecule has 0 atom stereocenters. The van der Waals surface area contributed by atoms with E-state index in [9.17, 15) is 4.79 Å². The highest BCUT2D eigenvalue weighted by atomic mass is 16.6. The van der Waals surface area contributed by atoms with Crippen LogP contribution in [0.25, 0.3) is 11.0 Å². The monoisotopic (exact) mass is 505 g/mol. The van der Waals surface area contributed by atoms with Gasteiger partial charge in [-0.25, -0.2) is 20.6 Å². The fraction of sp³-hybridized carbons (Fsp3) is 0.625. The van der Waals surface area contributed by atoms with E-state index in [-0.39, 0.29) is 0 Å². The second-order valence-corrected chi connectivity index (χ2v) is 9.42. The summed E-state index contributed by atoms with van der Waals surface area (Å²) in [5, 5.41) is 6.02. The van der Waals surface area contributed by atoms with E-state index in [1.165, 1.54) is 0 Å². The molecule has 2 heterocycles. The number of benzene rings is 1. The van der Waals surface area contributed by atoms with E-state index < -0.39 is 11.7 Å². The Balaban J connectivity index is 1.56. The van der Waals surface area contributed by atoms with Gasteiger partial charge in [-0.05, 0) is 33.6 Å². The summed E-state index contributed by atoms with van der Waals surface area (Å²) in [4.78, 5) is 23.3. The Kier molecular flexibility index (Phi) is 10.1. The van der Waals surface area contributed by atoms with Gasteiger partial charge in [-0.1, -0.05) is 0 Å². The van der Waals surface area contributed by atoms with Crippen molar-refractivity contribution >= 4 is 28.8 Å². The molecule has 5 N–H and O–H groups in total. The van der Waals surface area contributed by atoms with E-state index in [0.29, 0.717) is 53.9 Å². The zero-order valence-electron chi connectivity index (χ0n) is 21.7. The molecule has 0 unspecified atom stereocenters. The first-order valence-electron chi connectivity index (χ1n) is 12.3. The number of ether oxygens (including phenoxy) is 4. The maximum atomic E-state index is 11.7. The fourth-order valence-electron chi connectivity index (χ4n) is 3.63. The van der Waals surface area contributed by atoms with Gasteiger partial charge in [0.15, 0.2) is 23.1 Å². The number of carbonyl (C=O) groups excluding carboxylic acids is 1. The van der Waals surface area contributed by atoms with Crippen LogP contribution in [0.2, 0.25) is 0 Å². The van der Waals surface area contributed by atoms with Gasteiger partial charge < -0.3 is 35.0 Å². The van der Waals surface area contributed by atoms with Crippen molar-refractivity contribution in [3.05, 3.63) is 12.1 Å². The molecule has 1 saturated heterocycles. The molecule has 0 bridgehead atoms. The largest absolute Gasteiger partial charge is 0.493 e. The predicted molar refractivity (Wildman–Crippen MR) is 139 cm³/mol. The Morgan fingerprint density at radius 1 is 1.08 bits per heavy atom. The number of nitrogens with one attached hydrogen (secondary N) is 3. The minimum absolute atomic E-state index is 0.413. The molecule has 1 aromatic heterocycles. The normalized spacial score (nSPS) is 14.4. The van der Waals surface area contributed by atoms with Crippen LogP contribution in [-0.2, 0) is 9.47 Å². The molecule has 1 aromatic carbocycles. The average Bonchev–Trinajstić information content (AvgIpc) is 2.84. The van der Waals surface area contributed by atoms with E-state index in [2.05, 4.69) is 25.9 Å². The third kappa shape index (κ3) is 8.54. The van der Waals surface area contributed by atoms with Crippen molar-refractivity contribution in [2.24, 2.45) is 5.84 Å². The molecule has 3 rings (SSSR count). The molecule has 12 heteroatoms. The van der Waals surface area contributed by atoms with E-state index in [1.54, 1.807) is 13.2 Å². The van der Waals surface area contributed by atoms with Gasteiger partial charge in [0.25, 0.3) is 0 Å². The summed E-state index contributed by atoms with van der Waals surface area (Å²) in [6.07, 6.45) is 1.17. The number of methoxy groups -OCH3 is 1. The number of hydrogen-bond donors (Lipinski definition) is 4. The molecular formula is C24H39N7O5. The number of carbonyl (C=O) groups is 1. The van der Waals surface area contributed by atoms with E-state index in [4.69, 9.17) is 29.8 Å². The summed E-state index contributed by atoms with van der Waals surface area (Å²) in [7, 11) is 1.60. The summed E-state index contributed by atoms with van der Waals surface area (Å²) < 4.78 is 22.2. The van der Waals surface area contributed by atoms with Gasteiger partial charge in [0.05, 0.1) is 31.4 Å². The number of amides is 1. The number of nitrogens with two attached hydrogens (primary N) is 1. The zero-order valence-corrected chi connectivity index (χ0v) is 21.7. The average molecular weight is 506 g/mol. The van der Waals surface area contributed by atoms with Crippen LogP contribution in [-0.4, -0.2) is 86.2 Å². The quantitative estimate of drug-likeness (QED) is 0.192. The van der Waals surface area contributed by atoms with Crippen LogP contribution in [0, 0.1) is 0 Å². The van der Waals surface area contributed by atoms with Crippen molar-refractivity contribution in [3.63, 3.8) is 0 Å². The van der Waals surface area contributed by atoms with Crippen molar-refractivity contribution in [2.45, 2.75) is 39.2 Å². The Labute approximate surface area is 212 Å². The van der Waals surface area contributed by atoms with Crippen molar-refractivity contribution in [3.8, 4) is 11.5 Å². The molecule has 1 fully saturated rings. The summed E-state index contributed by atoms with van der Waals surface area (Å²) >= 11 is 0. The van der Waals surface area contributed by atoms with Crippen LogP contribution in [0.1, 0.15) is 33.6 Å². The summed E-state index contributed by atoms with van der Waals surface area (Å²) in [6.45, 7) is 11.3. The third-order valence-electron chi connectivity index (χ3n) is 5.42. The molecule has 0 aliphatic carbocycles. The molecule has 1 amide bonds. The summed E-state index contributed by atoms with van der Waals surface area (Å²) in [5.74, 6) is 7.85. The SMILES string of the molecule is COc1cc2nc(NN)c(NCCCCNC(=O)OC(C)(C)C)nc2cc1OCCN1CCOCC1. The lowest BCUT2D eigenvalue weighted by Gasteiger charge is -2.26. The third-order valence-corrected chi connectivity index (χ3v) is 5.42. The number of nitrogens with zero attached hydrogens (tertiary/aromatic N) is 3. The molecule has 200 valence electrons. The van der Waals surface area contributed by atoms with Crippen LogP contribution in [0.4, 0.5) is 16.4 Å². The summed E-state index contributed by atoms with van der Waals surface area (Å²) in [6, 6.07) is 3.62. The predicted octanol–water partition coefficient (Wildman–Crippen LogP) is 2.35. The highest BCUT2D eigenvalue weighted by Crippen LogP contribution is 2.33. The number of aromatic nitrogens is 2. The van der Waals surface area contributed by atoms with Gasteiger partial charge in [0.1, 0.15) is 12.2 Å². The Hall–Kier alpha value is -3.09. The molecule has 0 saturated carbocycles. The van der Waals surface area contributed by atoms with Gasteiger partial charge in [0, 0.05) is 44.9 Å². The number of anilines is 2. The number of rotatable bonds is 12. The van der Waals surface area contributed by atoms with E-state index >= 15 is 0 Å². The number of alkyl carbamates (subject to hydrolysis) is 1. The van der Waals surface area contributed by atoms with Gasteiger partial charge in [-0.15, -0.1) is 0 Å². The molecule has 2 aromatic rings. The van der Waals surface area contributed by atoms with Gasteiger partial charge >= 0.3 is 6.09 Å². The fourth-order valence-corrected chi connectivity index (χ4v) is 3.63. The maximum Gasteiger partial charge on any atom is 0.407 e. The second-order valence-electron chi connectivity index (χ2n) is 9.42. The van der Waals surface area contributed by atoms with Crippen LogP contribution < -0.4 is 31.4 Å². The zero-order chi connectivity index (χ0) is 26.0. The number of fused-ring (bicyclic) bond motifs is 1. The minimum atomic E-state index is -0.510. The van der Waals surface area contributed by atoms with Crippen molar-refractivity contribution in [1.82, 2.24) is 20.2 Å². The number of hydrazine groups is 1. The van der Waals surface area contributed by atoms with E-state index in [1.807, 2.05) is 26.8 Å². The molecule has 0 radical (unpaired) electrons. The highest BCUT2D eigenvalue weighted by Gasteiger charge is 2.16. The smallest absolute Gasteiger partial charge is 0.407 e. The van der Waals surface area contributed by atoms with E-state index in [0.717, 1.165) is 45.7 Å². The molecule has 12 nitrogen and oxygen atoms in total. The van der Waals surface area contributed by atoms with Crippen LogP contribution >= 0.6 is 0 Å². The van der Waals surface area contributed by atoms with Gasteiger partial charge in [0.2, 0.25) is 0 Å². The number of hydrogen-bond acceptors (Lipinski definition) is 11. The Bertz CT molecular complexity index is 993. The van der Waals surface area contributed by atoms with Crippen LogP contribution in [0.5, 0.6) is 11.5 Å². The van der Waals surface area contributed by atoms with Gasteiger partial charge in [-0.2, -0.15) is 0 Å². The van der Waals surface area contributed by atoms with Crippen LogP contribution in [0.15, 0.2) is 12.1 Å². The molecular weight excluding hydrogens is 466 g/mol. The number of unbranched alkanes of at least 4 members (excludes halogenated alkanes) is 1. The van der Waals surface area contributed by atoms with Gasteiger partial charge in [-0.3, -0.25) is 4.90 Å². The first kappa shape index (κ1) is 27.5. The molecule has 0 spiro atoms. The number of morpholine rings is 1. The first-order chi connectivity index (χ1) is 17.3. The Morgan fingerprint density at radius 3 is 2.42 bits per heavy atom. The lowest BCUT2D eigenvalue weighted by Crippen LogP contribution is -2.38. The molecule has 36 heavy (non-hydrogen) atoms. The van der Waals surface area contributed by atoms with Crippen LogP contribution in [0.3, 0.4) is 0 Å². The Morgan fingerprint density at radius 2 is 1.75 bits per heavy atom. The lowest BCUT2D eigenvalue weighted by molar-refractivity contribution is 0.0321. The first-order valence-corrected chi connectivity index (χ1v) is 12.3. The molecule has 1 aliphatic rings. The number of nitrogen functional groups attached to an aromatic ring is 1. The molecule has 1 aliphatic heterocycles. The highest BCUT2D eigenvalue weighted by molar-refractivity contribution is 5.83. The topological polar surface area (TPSA) is 145 Å². The second kappa shape index (κ2) is 13.3. The maximum absolute atomic E-state index is 11.7. The van der Waals surface area contributed by atoms with Crippen molar-refractivity contribution < 1.29 is 23.7 Å². The lowest BCUT2D eigenvalue weighted by atomic mass is 10.2.